The lowest BCUT2D eigenvalue weighted by Crippen LogP contribution is -2.45. The van der Waals surface area contributed by atoms with Crippen LogP contribution in [0.5, 0.6) is 0 Å². The number of aryl methyl sites for hydroxylation is 2. The fourth-order valence-corrected chi connectivity index (χ4v) is 3.71. The number of H-pyrrole nitrogens is 1. The van der Waals surface area contributed by atoms with Gasteiger partial charge >= 0.3 is 5.97 Å². The van der Waals surface area contributed by atoms with Crippen molar-refractivity contribution in [1.82, 2.24) is 9.88 Å². The number of hydrogen-bond acceptors (Lipinski definition) is 2. The molecule has 0 radical (unpaired) electrons. The van der Waals surface area contributed by atoms with Crippen LogP contribution in [0, 0.1) is 18.8 Å². The number of para-hydroxylation sites is 1. The Hall–Kier alpha value is -2.30. The number of piperidine rings is 1. The molecule has 1 aromatic carbocycles. The third-order valence-corrected chi connectivity index (χ3v) is 5.19. The van der Waals surface area contributed by atoms with E-state index in [0.29, 0.717) is 32.4 Å². The molecular formula is C19H24N2O3. The highest BCUT2D eigenvalue weighted by molar-refractivity contribution is 5.86. The Morgan fingerprint density at radius 3 is 2.88 bits per heavy atom. The van der Waals surface area contributed by atoms with Gasteiger partial charge in [-0.05, 0) is 36.8 Å². The highest BCUT2D eigenvalue weighted by Crippen LogP contribution is 2.25. The van der Waals surface area contributed by atoms with E-state index < -0.39 is 5.97 Å². The first-order valence-electron chi connectivity index (χ1n) is 8.53. The molecule has 0 bridgehead atoms. The Labute approximate surface area is 141 Å². The number of nitrogens with zero attached hydrogens (tertiary/aromatic N) is 1. The predicted octanol–water partition coefficient (Wildman–Crippen LogP) is 2.98. The van der Waals surface area contributed by atoms with Gasteiger partial charge in [0.1, 0.15) is 0 Å². The van der Waals surface area contributed by atoms with Gasteiger partial charge in [-0.3, -0.25) is 9.59 Å². The van der Waals surface area contributed by atoms with Crippen LogP contribution < -0.4 is 0 Å². The summed E-state index contributed by atoms with van der Waals surface area (Å²) in [6, 6.07) is 6.19. The minimum absolute atomic E-state index is 0.0101. The summed E-state index contributed by atoms with van der Waals surface area (Å²) >= 11 is 0. The maximum atomic E-state index is 12.5. The molecule has 1 saturated heterocycles. The minimum atomic E-state index is -0.747. The van der Waals surface area contributed by atoms with Crippen molar-refractivity contribution in [3.05, 3.63) is 35.5 Å². The van der Waals surface area contributed by atoms with Crippen molar-refractivity contribution in [2.45, 2.75) is 33.1 Å². The molecule has 2 heterocycles. The van der Waals surface area contributed by atoms with E-state index in [-0.39, 0.29) is 17.7 Å². The van der Waals surface area contributed by atoms with Gasteiger partial charge in [-0.15, -0.1) is 0 Å². The Bertz CT molecular complexity index is 765. The summed E-state index contributed by atoms with van der Waals surface area (Å²) in [5.74, 6) is -0.946. The standard InChI is InChI=1S/C19H24N2O3/c1-12-4-3-5-16-14(10-20-18(12)16)6-7-17(22)21-9-8-15(19(23)24)13(2)11-21/h3-5,10,13,15,20H,6-9,11H2,1-2H3,(H,23,24). The second-order valence-corrected chi connectivity index (χ2v) is 6.86. The molecule has 2 aromatic rings. The van der Waals surface area contributed by atoms with E-state index in [1.807, 2.05) is 24.1 Å². The first kappa shape index (κ1) is 16.6. The van der Waals surface area contributed by atoms with Gasteiger partial charge < -0.3 is 15.0 Å². The van der Waals surface area contributed by atoms with Gasteiger partial charge in [0.2, 0.25) is 5.91 Å². The molecule has 1 amide bonds. The Morgan fingerprint density at radius 1 is 1.38 bits per heavy atom. The van der Waals surface area contributed by atoms with Gasteiger partial charge in [-0.2, -0.15) is 0 Å². The van der Waals surface area contributed by atoms with Crippen LogP contribution in [-0.4, -0.2) is 40.0 Å². The molecule has 2 unspecified atom stereocenters. The van der Waals surface area contributed by atoms with E-state index in [2.05, 4.69) is 24.0 Å². The third-order valence-electron chi connectivity index (χ3n) is 5.19. The van der Waals surface area contributed by atoms with Crippen molar-refractivity contribution >= 4 is 22.8 Å². The minimum Gasteiger partial charge on any atom is -0.481 e. The summed E-state index contributed by atoms with van der Waals surface area (Å²) in [7, 11) is 0. The van der Waals surface area contributed by atoms with E-state index in [1.54, 1.807) is 0 Å². The number of carbonyl (C=O) groups is 2. The molecule has 2 atom stereocenters. The predicted molar refractivity (Wildman–Crippen MR) is 92.8 cm³/mol. The fraction of sp³-hybridized carbons (Fsp3) is 0.474. The number of hydrogen-bond donors (Lipinski definition) is 2. The molecule has 24 heavy (non-hydrogen) atoms. The molecule has 1 aliphatic rings. The zero-order chi connectivity index (χ0) is 17.3. The largest absolute Gasteiger partial charge is 0.481 e. The zero-order valence-corrected chi connectivity index (χ0v) is 14.2. The second-order valence-electron chi connectivity index (χ2n) is 6.86. The highest BCUT2D eigenvalue weighted by Gasteiger charge is 2.32. The monoisotopic (exact) mass is 328 g/mol. The van der Waals surface area contributed by atoms with Crippen LogP contribution in [0.3, 0.4) is 0 Å². The van der Waals surface area contributed by atoms with Crippen molar-refractivity contribution in [1.29, 1.82) is 0 Å². The number of aliphatic carboxylic acids is 1. The molecule has 1 aromatic heterocycles. The molecule has 0 saturated carbocycles. The van der Waals surface area contributed by atoms with E-state index in [1.165, 1.54) is 10.9 Å². The van der Waals surface area contributed by atoms with E-state index >= 15 is 0 Å². The molecule has 1 aliphatic heterocycles. The number of nitrogens with one attached hydrogen (secondary N) is 1. The molecule has 1 fully saturated rings. The SMILES string of the molecule is Cc1cccc2c(CCC(=O)N3CCC(C(=O)O)C(C)C3)c[nH]c12. The molecule has 0 spiro atoms. The number of carbonyl (C=O) groups excluding carboxylic acids is 1. The summed E-state index contributed by atoms with van der Waals surface area (Å²) in [4.78, 5) is 28.8. The van der Waals surface area contributed by atoms with Gasteiger partial charge in [0.25, 0.3) is 0 Å². The van der Waals surface area contributed by atoms with Crippen LogP contribution in [0.4, 0.5) is 0 Å². The average molecular weight is 328 g/mol. The van der Waals surface area contributed by atoms with Gasteiger partial charge in [0.05, 0.1) is 5.92 Å². The Balaban J connectivity index is 1.61. The van der Waals surface area contributed by atoms with Crippen LogP contribution >= 0.6 is 0 Å². The van der Waals surface area contributed by atoms with Crippen LogP contribution in [0.25, 0.3) is 10.9 Å². The molecular weight excluding hydrogens is 304 g/mol. The molecule has 2 N–H and O–H groups in total. The van der Waals surface area contributed by atoms with Gasteiger partial charge in [-0.1, -0.05) is 25.1 Å². The first-order chi connectivity index (χ1) is 11.5. The summed E-state index contributed by atoms with van der Waals surface area (Å²) in [6.07, 6.45) is 3.71. The summed E-state index contributed by atoms with van der Waals surface area (Å²) in [6.45, 7) is 5.08. The normalized spacial score (nSPS) is 21.2. The topological polar surface area (TPSA) is 73.4 Å². The van der Waals surface area contributed by atoms with Crippen LogP contribution in [-0.2, 0) is 16.0 Å². The number of rotatable bonds is 4. The van der Waals surface area contributed by atoms with Gasteiger partial charge in [-0.25, -0.2) is 0 Å². The smallest absolute Gasteiger partial charge is 0.306 e. The lowest BCUT2D eigenvalue weighted by atomic mass is 9.87. The maximum absolute atomic E-state index is 12.5. The molecule has 5 heteroatoms. The van der Waals surface area contributed by atoms with Crippen LogP contribution in [0.1, 0.15) is 30.9 Å². The quantitative estimate of drug-likeness (QED) is 0.906. The summed E-state index contributed by atoms with van der Waals surface area (Å²) < 4.78 is 0. The van der Waals surface area contributed by atoms with Crippen molar-refractivity contribution in [2.75, 3.05) is 13.1 Å². The molecule has 5 nitrogen and oxygen atoms in total. The van der Waals surface area contributed by atoms with E-state index in [0.717, 1.165) is 11.1 Å². The zero-order valence-electron chi connectivity index (χ0n) is 14.2. The van der Waals surface area contributed by atoms with Crippen molar-refractivity contribution in [3.63, 3.8) is 0 Å². The van der Waals surface area contributed by atoms with Crippen LogP contribution in [0.2, 0.25) is 0 Å². The number of carboxylic acid groups (broad SMARTS) is 1. The van der Waals surface area contributed by atoms with Crippen molar-refractivity contribution in [3.8, 4) is 0 Å². The van der Waals surface area contributed by atoms with E-state index in [4.69, 9.17) is 0 Å². The second kappa shape index (κ2) is 6.67. The number of benzene rings is 1. The van der Waals surface area contributed by atoms with Crippen molar-refractivity contribution < 1.29 is 14.7 Å². The average Bonchev–Trinajstić information content (AvgIpc) is 2.96. The summed E-state index contributed by atoms with van der Waals surface area (Å²) in [5.41, 5.74) is 3.50. The van der Waals surface area contributed by atoms with Crippen LogP contribution in [0.15, 0.2) is 24.4 Å². The Morgan fingerprint density at radius 2 is 2.17 bits per heavy atom. The highest BCUT2D eigenvalue weighted by atomic mass is 16.4. The number of fused-ring (bicyclic) bond motifs is 1. The molecule has 128 valence electrons. The number of aromatic amines is 1. The third kappa shape index (κ3) is 3.16. The summed E-state index contributed by atoms with van der Waals surface area (Å²) in [5, 5.41) is 10.4. The van der Waals surface area contributed by atoms with Gasteiger partial charge in [0, 0.05) is 36.6 Å². The lowest BCUT2D eigenvalue weighted by Gasteiger charge is -2.35. The van der Waals surface area contributed by atoms with Crippen molar-refractivity contribution in [2.24, 2.45) is 11.8 Å². The lowest BCUT2D eigenvalue weighted by molar-refractivity contribution is -0.148. The number of carboxylic acids is 1. The number of aromatic nitrogens is 1. The fourth-order valence-electron chi connectivity index (χ4n) is 3.71. The Kier molecular flexibility index (Phi) is 4.60. The first-order valence-corrected chi connectivity index (χ1v) is 8.53. The molecule has 0 aliphatic carbocycles. The maximum Gasteiger partial charge on any atom is 0.306 e. The molecule has 3 rings (SSSR count). The number of likely N-dealkylation sites (tertiary alicyclic amines) is 1. The van der Waals surface area contributed by atoms with E-state index in [9.17, 15) is 14.7 Å². The number of amides is 1. The van der Waals surface area contributed by atoms with Gasteiger partial charge in [0.15, 0.2) is 0 Å².